The van der Waals surface area contributed by atoms with Crippen LogP contribution in [0.2, 0.25) is 0 Å². The van der Waals surface area contributed by atoms with Gasteiger partial charge in [-0.1, -0.05) is 13.0 Å². The number of likely N-dealkylation sites (tertiary alicyclic amines) is 1. The van der Waals surface area contributed by atoms with E-state index in [0.29, 0.717) is 5.92 Å². The second-order valence-corrected chi connectivity index (χ2v) is 7.26. The minimum absolute atomic E-state index is 0.701. The van der Waals surface area contributed by atoms with Gasteiger partial charge < -0.3 is 20.0 Å². The highest BCUT2D eigenvalue weighted by Gasteiger charge is 2.22. The van der Waals surface area contributed by atoms with Crippen LogP contribution in [0.3, 0.4) is 0 Å². The van der Waals surface area contributed by atoms with Crippen LogP contribution in [0.25, 0.3) is 0 Å². The summed E-state index contributed by atoms with van der Waals surface area (Å²) in [6.07, 6.45) is 4.50. The van der Waals surface area contributed by atoms with Crippen molar-refractivity contribution in [3.05, 3.63) is 24.4 Å². The lowest BCUT2D eigenvalue weighted by atomic mass is 9.98. The maximum Gasteiger partial charge on any atom is 0.194 e. The molecule has 0 radical (unpaired) electrons. The molecule has 3 rings (SSSR count). The molecule has 1 atom stereocenters. The number of aromatic nitrogens is 1. The second kappa shape index (κ2) is 9.76. The van der Waals surface area contributed by atoms with E-state index in [2.05, 4.69) is 51.0 Å². The van der Waals surface area contributed by atoms with E-state index in [1.54, 1.807) is 0 Å². The van der Waals surface area contributed by atoms with Crippen molar-refractivity contribution >= 4 is 11.8 Å². The van der Waals surface area contributed by atoms with Gasteiger partial charge in [-0.05, 0) is 50.9 Å². The summed E-state index contributed by atoms with van der Waals surface area (Å²) in [5.41, 5.74) is 0. The first-order valence-electron chi connectivity index (χ1n) is 10.2. The molecule has 0 saturated carbocycles. The van der Waals surface area contributed by atoms with Gasteiger partial charge in [0.2, 0.25) is 0 Å². The lowest BCUT2D eigenvalue weighted by molar-refractivity contribution is 0.186. The first kappa shape index (κ1) is 19.0. The Labute approximate surface area is 158 Å². The predicted octanol–water partition coefficient (Wildman–Crippen LogP) is 1.90. The highest BCUT2D eigenvalue weighted by Crippen LogP contribution is 2.17. The van der Waals surface area contributed by atoms with Crippen LogP contribution in [0, 0.1) is 5.92 Å². The van der Waals surface area contributed by atoms with E-state index >= 15 is 0 Å². The molecule has 6 heteroatoms. The van der Waals surface area contributed by atoms with Gasteiger partial charge in [0.05, 0.1) is 0 Å². The molecule has 6 nitrogen and oxygen atoms in total. The summed E-state index contributed by atoms with van der Waals surface area (Å²) in [6.45, 7) is 13.9. The summed E-state index contributed by atoms with van der Waals surface area (Å²) >= 11 is 0. The van der Waals surface area contributed by atoms with E-state index in [1.807, 2.05) is 12.3 Å². The molecular weight excluding hydrogens is 324 g/mol. The summed E-state index contributed by atoms with van der Waals surface area (Å²) in [5, 5.41) is 3.50. The standard InChI is InChI=1S/C20H34N6/c1-3-21-20(23-16-18-8-7-11-24(4-2)17-18)26-14-12-25(13-15-26)19-9-5-6-10-22-19/h5-6,9-10,18H,3-4,7-8,11-17H2,1-2H3,(H,21,23). The molecule has 2 fully saturated rings. The number of rotatable bonds is 5. The van der Waals surface area contributed by atoms with Gasteiger partial charge in [0.1, 0.15) is 5.82 Å². The van der Waals surface area contributed by atoms with Crippen molar-refractivity contribution in [2.24, 2.45) is 10.9 Å². The van der Waals surface area contributed by atoms with Crippen LogP contribution in [0.4, 0.5) is 5.82 Å². The van der Waals surface area contributed by atoms with Gasteiger partial charge >= 0.3 is 0 Å². The van der Waals surface area contributed by atoms with Gasteiger partial charge in [-0.25, -0.2) is 4.98 Å². The number of piperidine rings is 1. The zero-order valence-electron chi connectivity index (χ0n) is 16.4. The average Bonchev–Trinajstić information content (AvgIpc) is 2.72. The van der Waals surface area contributed by atoms with Gasteiger partial charge in [0, 0.05) is 52.0 Å². The molecule has 1 N–H and O–H groups in total. The summed E-state index contributed by atoms with van der Waals surface area (Å²) in [5.74, 6) is 2.87. The summed E-state index contributed by atoms with van der Waals surface area (Å²) in [4.78, 5) is 16.8. The lowest BCUT2D eigenvalue weighted by Gasteiger charge is -2.37. The molecule has 2 saturated heterocycles. The molecule has 0 bridgehead atoms. The molecule has 0 spiro atoms. The SMILES string of the molecule is CCNC(=NCC1CCCN(CC)C1)N1CCN(c2ccccn2)CC1. The molecular formula is C20H34N6. The Morgan fingerprint density at radius 3 is 2.73 bits per heavy atom. The van der Waals surface area contributed by atoms with Crippen LogP contribution in [-0.2, 0) is 0 Å². The maximum atomic E-state index is 5.00. The Morgan fingerprint density at radius 2 is 2.04 bits per heavy atom. The Morgan fingerprint density at radius 1 is 1.19 bits per heavy atom. The summed E-state index contributed by atoms with van der Waals surface area (Å²) in [6, 6.07) is 6.13. The fraction of sp³-hybridized carbons (Fsp3) is 0.700. The number of hydrogen-bond donors (Lipinski definition) is 1. The van der Waals surface area contributed by atoms with Crippen LogP contribution in [0.15, 0.2) is 29.4 Å². The summed E-state index contributed by atoms with van der Waals surface area (Å²) < 4.78 is 0. The molecule has 2 aliphatic heterocycles. The second-order valence-electron chi connectivity index (χ2n) is 7.26. The largest absolute Gasteiger partial charge is 0.357 e. The molecule has 144 valence electrons. The highest BCUT2D eigenvalue weighted by atomic mass is 15.4. The molecule has 3 heterocycles. The number of piperazine rings is 1. The average molecular weight is 359 g/mol. The summed E-state index contributed by atoms with van der Waals surface area (Å²) in [7, 11) is 0. The predicted molar refractivity (Wildman–Crippen MR) is 109 cm³/mol. The van der Waals surface area contributed by atoms with Gasteiger partial charge in [0.15, 0.2) is 5.96 Å². The normalized spacial score (nSPS) is 22.5. The smallest absolute Gasteiger partial charge is 0.194 e. The molecule has 0 aliphatic carbocycles. The van der Waals surface area contributed by atoms with Gasteiger partial charge in [0.25, 0.3) is 0 Å². The third-order valence-corrected chi connectivity index (χ3v) is 5.44. The van der Waals surface area contributed by atoms with Crippen molar-refractivity contribution in [1.82, 2.24) is 20.1 Å². The van der Waals surface area contributed by atoms with E-state index in [-0.39, 0.29) is 0 Å². The Kier molecular flexibility index (Phi) is 7.12. The van der Waals surface area contributed by atoms with E-state index < -0.39 is 0 Å². The van der Waals surface area contributed by atoms with Crippen LogP contribution >= 0.6 is 0 Å². The third kappa shape index (κ3) is 5.10. The van der Waals surface area contributed by atoms with Crippen LogP contribution in [0.1, 0.15) is 26.7 Å². The third-order valence-electron chi connectivity index (χ3n) is 5.44. The van der Waals surface area contributed by atoms with Crippen molar-refractivity contribution in [3.8, 4) is 0 Å². The van der Waals surface area contributed by atoms with Gasteiger partial charge in [-0.3, -0.25) is 4.99 Å². The van der Waals surface area contributed by atoms with Gasteiger partial charge in [-0.2, -0.15) is 0 Å². The number of guanidine groups is 1. The number of anilines is 1. The van der Waals surface area contributed by atoms with Crippen molar-refractivity contribution in [2.75, 3.05) is 63.8 Å². The van der Waals surface area contributed by atoms with Crippen LogP contribution in [0.5, 0.6) is 0 Å². The quantitative estimate of drug-likeness (QED) is 0.643. The number of pyridine rings is 1. The van der Waals surface area contributed by atoms with Crippen molar-refractivity contribution in [1.29, 1.82) is 0 Å². The maximum absolute atomic E-state index is 5.00. The minimum atomic E-state index is 0.701. The molecule has 0 aromatic carbocycles. The zero-order valence-corrected chi connectivity index (χ0v) is 16.4. The van der Waals surface area contributed by atoms with E-state index in [9.17, 15) is 0 Å². The number of hydrogen-bond acceptors (Lipinski definition) is 4. The van der Waals surface area contributed by atoms with Crippen LogP contribution in [-0.4, -0.2) is 79.6 Å². The molecule has 26 heavy (non-hydrogen) atoms. The molecule has 1 aromatic heterocycles. The fourth-order valence-corrected chi connectivity index (χ4v) is 3.92. The van der Waals surface area contributed by atoms with Gasteiger partial charge in [-0.15, -0.1) is 0 Å². The first-order valence-corrected chi connectivity index (χ1v) is 10.2. The molecule has 1 aromatic rings. The topological polar surface area (TPSA) is 47.0 Å². The highest BCUT2D eigenvalue weighted by molar-refractivity contribution is 5.80. The lowest BCUT2D eigenvalue weighted by Crippen LogP contribution is -2.53. The Balaban J connectivity index is 1.54. The molecule has 2 aliphatic rings. The number of aliphatic imine (C=N–C) groups is 1. The van der Waals surface area contributed by atoms with Crippen molar-refractivity contribution in [2.45, 2.75) is 26.7 Å². The monoisotopic (exact) mass is 358 g/mol. The van der Waals surface area contributed by atoms with E-state index in [0.717, 1.165) is 57.6 Å². The first-order chi connectivity index (χ1) is 12.8. The Hall–Kier alpha value is -1.82. The fourth-order valence-electron chi connectivity index (χ4n) is 3.92. The zero-order chi connectivity index (χ0) is 18.2. The molecule has 1 unspecified atom stereocenters. The van der Waals surface area contributed by atoms with E-state index in [4.69, 9.17) is 4.99 Å². The number of nitrogens with zero attached hydrogens (tertiary/aromatic N) is 5. The van der Waals surface area contributed by atoms with Crippen LogP contribution < -0.4 is 10.2 Å². The number of nitrogens with one attached hydrogen (secondary N) is 1. The van der Waals surface area contributed by atoms with Crippen molar-refractivity contribution < 1.29 is 0 Å². The van der Waals surface area contributed by atoms with E-state index in [1.165, 1.54) is 25.9 Å². The molecule has 0 amide bonds. The Bertz CT molecular complexity index is 553. The minimum Gasteiger partial charge on any atom is -0.357 e. The van der Waals surface area contributed by atoms with Crippen molar-refractivity contribution in [3.63, 3.8) is 0 Å².